The van der Waals surface area contributed by atoms with Crippen LogP contribution >= 0.6 is 0 Å². The van der Waals surface area contributed by atoms with Crippen LogP contribution in [-0.4, -0.2) is 23.7 Å². The maximum Gasteiger partial charge on any atom is 0.305 e. The van der Waals surface area contributed by atoms with Gasteiger partial charge < -0.3 is 9.84 Å². The highest BCUT2D eigenvalue weighted by molar-refractivity contribution is 5.69. The molecule has 5 heteroatoms. The lowest BCUT2D eigenvalue weighted by Gasteiger charge is -2.14. The molecule has 0 aromatic rings. The number of unbranched alkanes of at least 4 members (excludes halogenated alkanes) is 1. The standard InChI is InChI=1S/C12H19NO4/c1-12(2,9-13)7-8-17-11(16)6-4-3-5-10(14)15/h3-8H2,1-2H3,(H,14,15). The lowest BCUT2D eigenvalue weighted by molar-refractivity contribution is -0.144. The third kappa shape index (κ3) is 9.36. The van der Waals surface area contributed by atoms with Gasteiger partial charge in [-0.25, -0.2) is 0 Å². The molecule has 0 aliphatic carbocycles. The van der Waals surface area contributed by atoms with Crippen LogP contribution in [0.2, 0.25) is 0 Å². The van der Waals surface area contributed by atoms with Crippen molar-refractivity contribution in [1.29, 1.82) is 5.26 Å². The second kappa shape index (κ2) is 7.66. The van der Waals surface area contributed by atoms with Gasteiger partial charge in [-0.15, -0.1) is 0 Å². The molecule has 1 N–H and O–H groups in total. The molecule has 0 aromatic carbocycles. The third-order valence-corrected chi connectivity index (χ3v) is 2.31. The molecule has 0 aliphatic rings. The number of aliphatic carboxylic acids is 1. The minimum atomic E-state index is -0.853. The minimum Gasteiger partial charge on any atom is -0.481 e. The zero-order valence-corrected chi connectivity index (χ0v) is 10.4. The Labute approximate surface area is 101 Å². The van der Waals surface area contributed by atoms with E-state index in [1.54, 1.807) is 13.8 Å². The van der Waals surface area contributed by atoms with Gasteiger partial charge in [0.05, 0.1) is 18.1 Å². The molecule has 0 radical (unpaired) electrons. The van der Waals surface area contributed by atoms with Crippen LogP contribution in [0.1, 0.15) is 46.0 Å². The first-order valence-corrected chi connectivity index (χ1v) is 5.66. The maximum atomic E-state index is 11.2. The number of esters is 1. The van der Waals surface area contributed by atoms with Crippen molar-refractivity contribution in [3.8, 4) is 6.07 Å². The van der Waals surface area contributed by atoms with E-state index < -0.39 is 11.4 Å². The van der Waals surface area contributed by atoms with Gasteiger partial charge in [-0.1, -0.05) is 0 Å². The Morgan fingerprint density at radius 1 is 1.29 bits per heavy atom. The molecular formula is C12H19NO4. The summed E-state index contributed by atoms with van der Waals surface area (Å²) in [4.78, 5) is 21.4. The highest BCUT2D eigenvalue weighted by atomic mass is 16.5. The highest BCUT2D eigenvalue weighted by Crippen LogP contribution is 2.18. The average molecular weight is 241 g/mol. The number of carboxylic acid groups (broad SMARTS) is 1. The number of hydrogen-bond donors (Lipinski definition) is 1. The monoisotopic (exact) mass is 241 g/mol. The maximum absolute atomic E-state index is 11.2. The van der Waals surface area contributed by atoms with Crippen molar-refractivity contribution in [2.24, 2.45) is 5.41 Å². The molecule has 0 fully saturated rings. The van der Waals surface area contributed by atoms with E-state index >= 15 is 0 Å². The van der Waals surface area contributed by atoms with Crippen LogP contribution in [0.4, 0.5) is 0 Å². The molecule has 0 atom stereocenters. The van der Waals surface area contributed by atoms with Crippen LogP contribution in [0, 0.1) is 16.7 Å². The fraction of sp³-hybridized carbons (Fsp3) is 0.750. The van der Waals surface area contributed by atoms with Crippen molar-refractivity contribution < 1.29 is 19.4 Å². The number of hydrogen-bond acceptors (Lipinski definition) is 4. The Balaban J connectivity index is 3.55. The molecule has 0 unspecified atom stereocenters. The lowest BCUT2D eigenvalue weighted by Crippen LogP contribution is -2.14. The van der Waals surface area contributed by atoms with Crippen LogP contribution < -0.4 is 0 Å². The fourth-order valence-corrected chi connectivity index (χ4v) is 1.09. The molecular weight excluding hydrogens is 222 g/mol. The predicted molar refractivity (Wildman–Crippen MR) is 61.1 cm³/mol. The Kier molecular flexibility index (Phi) is 6.95. The molecule has 0 rings (SSSR count). The number of nitriles is 1. The van der Waals surface area contributed by atoms with Gasteiger partial charge in [0.25, 0.3) is 0 Å². The molecule has 0 aliphatic heterocycles. The summed E-state index contributed by atoms with van der Waals surface area (Å²) in [6, 6.07) is 2.12. The van der Waals surface area contributed by atoms with Gasteiger partial charge in [-0.2, -0.15) is 5.26 Å². The summed E-state index contributed by atoms with van der Waals surface area (Å²) in [6.07, 6.45) is 1.82. The summed E-state index contributed by atoms with van der Waals surface area (Å²) in [5, 5.41) is 17.1. The number of rotatable bonds is 8. The van der Waals surface area contributed by atoms with Crippen LogP contribution in [0.15, 0.2) is 0 Å². The Morgan fingerprint density at radius 2 is 1.88 bits per heavy atom. The molecule has 0 aromatic heterocycles. The van der Waals surface area contributed by atoms with Crippen molar-refractivity contribution in [1.82, 2.24) is 0 Å². The molecule has 0 saturated carbocycles. The van der Waals surface area contributed by atoms with Gasteiger partial charge in [0.15, 0.2) is 0 Å². The van der Waals surface area contributed by atoms with Crippen LogP contribution in [0.25, 0.3) is 0 Å². The number of carbonyl (C=O) groups is 2. The van der Waals surface area contributed by atoms with Crippen LogP contribution in [0.3, 0.4) is 0 Å². The van der Waals surface area contributed by atoms with Gasteiger partial charge in [-0.05, 0) is 33.1 Å². The first-order valence-electron chi connectivity index (χ1n) is 5.66. The van der Waals surface area contributed by atoms with E-state index in [9.17, 15) is 9.59 Å². The van der Waals surface area contributed by atoms with Crippen molar-refractivity contribution in [3.63, 3.8) is 0 Å². The molecule has 0 bridgehead atoms. The smallest absolute Gasteiger partial charge is 0.305 e. The third-order valence-electron chi connectivity index (χ3n) is 2.31. The van der Waals surface area contributed by atoms with Gasteiger partial charge in [0.2, 0.25) is 0 Å². The Morgan fingerprint density at radius 3 is 2.41 bits per heavy atom. The summed E-state index contributed by atoms with van der Waals surface area (Å²) in [7, 11) is 0. The van der Waals surface area contributed by atoms with Gasteiger partial charge in [0.1, 0.15) is 0 Å². The zero-order valence-electron chi connectivity index (χ0n) is 10.4. The first kappa shape index (κ1) is 15.4. The SMILES string of the molecule is CC(C)(C#N)CCOC(=O)CCCCC(=O)O. The minimum absolute atomic E-state index is 0.0781. The van der Waals surface area contributed by atoms with E-state index in [-0.39, 0.29) is 25.4 Å². The molecule has 0 heterocycles. The summed E-state index contributed by atoms with van der Waals surface area (Å²) in [6.45, 7) is 3.81. The molecule has 17 heavy (non-hydrogen) atoms. The first-order chi connectivity index (χ1) is 7.87. The quantitative estimate of drug-likeness (QED) is 0.519. The number of nitrogens with zero attached hydrogens (tertiary/aromatic N) is 1. The summed E-state index contributed by atoms with van der Waals surface area (Å²) in [5.74, 6) is -1.18. The second-order valence-corrected chi connectivity index (χ2v) is 4.57. The van der Waals surface area contributed by atoms with Crippen LogP contribution in [-0.2, 0) is 14.3 Å². The lowest BCUT2D eigenvalue weighted by atomic mass is 9.92. The van der Waals surface area contributed by atoms with Crippen molar-refractivity contribution in [2.45, 2.75) is 46.0 Å². The fourth-order valence-electron chi connectivity index (χ4n) is 1.09. The van der Waals surface area contributed by atoms with E-state index in [4.69, 9.17) is 15.1 Å². The molecule has 0 saturated heterocycles. The second-order valence-electron chi connectivity index (χ2n) is 4.57. The van der Waals surface area contributed by atoms with Crippen molar-refractivity contribution in [2.75, 3.05) is 6.61 Å². The normalized spacial score (nSPS) is 10.6. The zero-order chi connectivity index (χ0) is 13.3. The van der Waals surface area contributed by atoms with Gasteiger partial charge >= 0.3 is 11.9 Å². The largest absolute Gasteiger partial charge is 0.481 e. The van der Waals surface area contributed by atoms with E-state index in [0.29, 0.717) is 19.3 Å². The number of carbonyl (C=O) groups excluding carboxylic acids is 1. The van der Waals surface area contributed by atoms with E-state index in [0.717, 1.165) is 0 Å². The van der Waals surface area contributed by atoms with E-state index in [1.165, 1.54) is 0 Å². The summed E-state index contributed by atoms with van der Waals surface area (Å²) in [5.41, 5.74) is -0.483. The number of ether oxygens (including phenoxy) is 1. The summed E-state index contributed by atoms with van der Waals surface area (Å²) < 4.78 is 4.95. The molecule has 5 nitrogen and oxygen atoms in total. The predicted octanol–water partition coefficient (Wildman–Crippen LogP) is 2.11. The Hall–Kier alpha value is -1.57. The van der Waals surface area contributed by atoms with Crippen molar-refractivity contribution in [3.05, 3.63) is 0 Å². The topological polar surface area (TPSA) is 87.4 Å². The van der Waals surface area contributed by atoms with E-state index in [1.807, 2.05) is 0 Å². The van der Waals surface area contributed by atoms with Crippen LogP contribution in [0.5, 0.6) is 0 Å². The molecule has 96 valence electrons. The average Bonchev–Trinajstić information content (AvgIpc) is 2.24. The Bertz CT molecular complexity index is 304. The van der Waals surface area contributed by atoms with E-state index in [2.05, 4.69) is 6.07 Å². The van der Waals surface area contributed by atoms with Gasteiger partial charge in [0, 0.05) is 12.8 Å². The highest BCUT2D eigenvalue weighted by Gasteiger charge is 2.17. The van der Waals surface area contributed by atoms with Crippen molar-refractivity contribution >= 4 is 11.9 Å². The number of carboxylic acids is 1. The summed E-state index contributed by atoms with van der Waals surface area (Å²) >= 11 is 0. The molecule has 0 spiro atoms. The van der Waals surface area contributed by atoms with Gasteiger partial charge in [-0.3, -0.25) is 9.59 Å². The molecule has 0 amide bonds.